The Labute approximate surface area is 98.7 Å². The van der Waals surface area contributed by atoms with E-state index in [4.69, 9.17) is 10.5 Å². The second-order valence-electron chi connectivity index (χ2n) is 6.16. The molecule has 16 heavy (non-hydrogen) atoms. The van der Waals surface area contributed by atoms with Crippen molar-refractivity contribution in [2.24, 2.45) is 11.1 Å². The molecule has 1 aliphatic carbocycles. The van der Waals surface area contributed by atoms with Crippen molar-refractivity contribution in [2.45, 2.75) is 64.8 Å². The highest BCUT2D eigenvalue weighted by Gasteiger charge is 2.36. The second-order valence-corrected chi connectivity index (χ2v) is 6.16. The van der Waals surface area contributed by atoms with E-state index in [2.05, 4.69) is 20.8 Å². The normalized spacial score (nSPS) is 20.5. The molecule has 1 saturated carbocycles. The maximum Gasteiger partial charge on any atom is 0.326 e. The summed E-state index contributed by atoms with van der Waals surface area (Å²) in [5.74, 6) is -0.198. The topological polar surface area (TPSA) is 52.3 Å². The largest absolute Gasteiger partial charge is 0.464 e. The van der Waals surface area contributed by atoms with Gasteiger partial charge in [-0.3, -0.25) is 4.79 Å². The van der Waals surface area contributed by atoms with Gasteiger partial charge in [0, 0.05) is 0 Å². The zero-order valence-corrected chi connectivity index (χ0v) is 10.8. The van der Waals surface area contributed by atoms with Crippen molar-refractivity contribution in [3.05, 3.63) is 0 Å². The van der Waals surface area contributed by atoms with Gasteiger partial charge >= 0.3 is 5.97 Å². The quantitative estimate of drug-likeness (QED) is 0.754. The summed E-state index contributed by atoms with van der Waals surface area (Å²) in [5, 5.41) is 0. The smallest absolute Gasteiger partial charge is 0.326 e. The van der Waals surface area contributed by atoms with E-state index in [9.17, 15) is 4.79 Å². The van der Waals surface area contributed by atoms with Gasteiger partial charge in [-0.15, -0.1) is 0 Å². The van der Waals surface area contributed by atoms with Crippen LogP contribution in [0.15, 0.2) is 0 Å². The molecule has 1 rings (SSSR count). The predicted octanol–water partition coefficient (Wildman–Crippen LogP) is 2.63. The van der Waals surface area contributed by atoms with Crippen molar-refractivity contribution < 1.29 is 9.53 Å². The van der Waals surface area contributed by atoms with Crippen molar-refractivity contribution in [3.63, 3.8) is 0 Å². The van der Waals surface area contributed by atoms with Crippen molar-refractivity contribution in [3.8, 4) is 0 Å². The number of ether oxygens (including phenoxy) is 1. The molecule has 1 fully saturated rings. The lowest BCUT2D eigenvalue weighted by Gasteiger charge is -2.31. The van der Waals surface area contributed by atoms with Gasteiger partial charge in [0.25, 0.3) is 0 Å². The zero-order valence-electron chi connectivity index (χ0n) is 10.8. The van der Waals surface area contributed by atoms with E-state index in [0.29, 0.717) is 6.61 Å². The number of esters is 1. The first-order valence-corrected chi connectivity index (χ1v) is 6.30. The minimum absolute atomic E-state index is 0.198. The fourth-order valence-electron chi connectivity index (χ4n) is 1.98. The Morgan fingerprint density at radius 2 is 1.81 bits per heavy atom. The fourth-order valence-corrected chi connectivity index (χ4v) is 1.98. The third kappa shape index (κ3) is 4.12. The molecule has 0 aliphatic heterocycles. The van der Waals surface area contributed by atoms with Gasteiger partial charge in [0.1, 0.15) is 5.54 Å². The van der Waals surface area contributed by atoms with E-state index in [1.165, 1.54) is 6.42 Å². The maximum absolute atomic E-state index is 11.9. The van der Waals surface area contributed by atoms with Gasteiger partial charge in [0.2, 0.25) is 0 Å². The summed E-state index contributed by atoms with van der Waals surface area (Å²) in [6, 6.07) is 0. The van der Waals surface area contributed by atoms with Crippen molar-refractivity contribution >= 4 is 5.97 Å². The first kappa shape index (κ1) is 13.5. The summed E-state index contributed by atoms with van der Waals surface area (Å²) >= 11 is 0. The first-order valence-electron chi connectivity index (χ1n) is 6.30. The average Bonchev–Trinajstić information content (AvgIpc) is 2.16. The Morgan fingerprint density at radius 3 is 2.31 bits per heavy atom. The van der Waals surface area contributed by atoms with Crippen molar-refractivity contribution in [1.82, 2.24) is 0 Å². The Kier molecular flexibility index (Phi) is 4.36. The average molecular weight is 227 g/mol. The van der Waals surface area contributed by atoms with Gasteiger partial charge in [0.15, 0.2) is 0 Å². The molecule has 0 atom stereocenters. The molecule has 0 aromatic heterocycles. The van der Waals surface area contributed by atoms with Crippen molar-refractivity contribution in [1.29, 1.82) is 0 Å². The minimum Gasteiger partial charge on any atom is -0.464 e. The number of nitrogens with two attached hydrogens (primary N) is 1. The molecule has 0 aromatic carbocycles. The molecular weight excluding hydrogens is 202 g/mol. The van der Waals surface area contributed by atoms with Crippen LogP contribution in [0.4, 0.5) is 0 Å². The van der Waals surface area contributed by atoms with E-state index in [0.717, 1.165) is 32.1 Å². The molecule has 0 amide bonds. The van der Waals surface area contributed by atoms with Crippen LogP contribution in [0.2, 0.25) is 0 Å². The molecule has 0 radical (unpaired) electrons. The minimum atomic E-state index is -0.698. The van der Waals surface area contributed by atoms with Gasteiger partial charge in [-0.2, -0.15) is 0 Å². The Morgan fingerprint density at radius 1 is 1.25 bits per heavy atom. The summed E-state index contributed by atoms with van der Waals surface area (Å²) in [6.45, 7) is 6.90. The molecule has 2 N–H and O–H groups in total. The number of hydrogen-bond acceptors (Lipinski definition) is 3. The van der Waals surface area contributed by atoms with E-state index in [1.807, 2.05) is 0 Å². The van der Waals surface area contributed by atoms with E-state index in [1.54, 1.807) is 0 Å². The second kappa shape index (κ2) is 5.17. The van der Waals surface area contributed by atoms with Crippen molar-refractivity contribution in [2.75, 3.05) is 6.61 Å². The van der Waals surface area contributed by atoms with Crippen LogP contribution in [0.5, 0.6) is 0 Å². The third-order valence-electron chi connectivity index (χ3n) is 3.24. The molecule has 94 valence electrons. The third-order valence-corrected chi connectivity index (χ3v) is 3.24. The number of carbonyl (C=O) groups is 1. The summed E-state index contributed by atoms with van der Waals surface area (Å²) < 4.78 is 5.30. The Hall–Kier alpha value is -0.570. The Balaban J connectivity index is 2.34. The molecule has 0 unspecified atom stereocenters. The van der Waals surface area contributed by atoms with Crippen LogP contribution >= 0.6 is 0 Å². The highest BCUT2D eigenvalue weighted by Crippen LogP contribution is 2.27. The molecule has 0 bridgehead atoms. The highest BCUT2D eigenvalue weighted by molar-refractivity contribution is 5.80. The molecule has 3 heteroatoms. The highest BCUT2D eigenvalue weighted by atomic mass is 16.5. The van der Waals surface area contributed by atoms with Crippen LogP contribution in [-0.4, -0.2) is 18.1 Å². The molecule has 0 heterocycles. The molecule has 0 saturated heterocycles. The summed E-state index contributed by atoms with van der Waals surface area (Å²) in [6.07, 6.45) is 5.72. The fraction of sp³-hybridized carbons (Fsp3) is 0.923. The zero-order chi connectivity index (χ0) is 12.2. The van der Waals surface area contributed by atoms with E-state index >= 15 is 0 Å². The standard InChI is InChI=1S/C13H25NO2/c1-12(2,3)9-10-16-11(15)13(14)7-5-4-6-8-13/h4-10,14H2,1-3H3. The number of carbonyl (C=O) groups excluding carboxylic acids is 1. The number of rotatable bonds is 3. The lowest BCUT2D eigenvalue weighted by Crippen LogP contribution is -2.50. The van der Waals surface area contributed by atoms with Crippen LogP contribution in [0.3, 0.4) is 0 Å². The van der Waals surface area contributed by atoms with Crippen LogP contribution in [0.25, 0.3) is 0 Å². The molecule has 0 aromatic rings. The maximum atomic E-state index is 11.9. The van der Waals surface area contributed by atoms with Crippen LogP contribution in [0, 0.1) is 5.41 Å². The van der Waals surface area contributed by atoms with Gasteiger partial charge in [-0.25, -0.2) is 0 Å². The van der Waals surface area contributed by atoms with Crippen LogP contribution < -0.4 is 5.73 Å². The lowest BCUT2D eigenvalue weighted by atomic mass is 9.82. The summed E-state index contributed by atoms with van der Waals surface area (Å²) in [4.78, 5) is 11.9. The molecular formula is C13H25NO2. The summed E-state index contributed by atoms with van der Waals surface area (Å²) in [5.41, 5.74) is 5.58. The van der Waals surface area contributed by atoms with Gasteiger partial charge in [0.05, 0.1) is 6.61 Å². The lowest BCUT2D eigenvalue weighted by molar-refractivity contribution is -0.152. The van der Waals surface area contributed by atoms with Crippen LogP contribution in [0.1, 0.15) is 59.3 Å². The SMILES string of the molecule is CC(C)(C)CCOC(=O)C1(N)CCCCC1. The van der Waals surface area contributed by atoms with E-state index < -0.39 is 5.54 Å². The van der Waals surface area contributed by atoms with Crippen LogP contribution in [-0.2, 0) is 9.53 Å². The first-order chi connectivity index (χ1) is 7.33. The monoisotopic (exact) mass is 227 g/mol. The summed E-state index contributed by atoms with van der Waals surface area (Å²) in [7, 11) is 0. The number of hydrogen-bond donors (Lipinski definition) is 1. The Bertz CT molecular complexity index is 237. The molecule has 1 aliphatic rings. The predicted molar refractivity (Wildman–Crippen MR) is 65.0 cm³/mol. The molecule has 0 spiro atoms. The molecule has 3 nitrogen and oxygen atoms in total. The van der Waals surface area contributed by atoms with Gasteiger partial charge in [-0.05, 0) is 24.7 Å². The van der Waals surface area contributed by atoms with Gasteiger partial charge < -0.3 is 10.5 Å². The van der Waals surface area contributed by atoms with Gasteiger partial charge in [-0.1, -0.05) is 40.0 Å². The van der Waals surface area contributed by atoms with E-state index in [-0.39, 0.29) is 11.4 Å².